The molecule has 23 heavy (non-hydrogen) atoms. The van der Waals surface area contributed by atoms with Gasteiger partial charge in [-0.1, -0.05) is 23.7 Å². The lowest BCUT2D eigenvalue weighted by Gasteiger charge is -2.22. The fourth-order valence-electron chi connectivity index (χ4n) is 1.85. The first-order chi connectivity index (χ1) is 10.9. The Morgan fingerprint density at radius 3 is 2.57 bits per heavy atom. The van der Waals surface area contributed by atoms with E-state index in [0.29, 0.717) is 10.7 Å². The Hall–Kier alpha value is -2.40. The number of hydrogen-bond donors (Lipinski definition) is 2. The van der Waals surface area contributed by atoms with Crippen LogP contribution in [0.2, 0.25) is 5.02 Å². The molecule has 0 atom stereocenters. The molecule has 0 spiro atoms. The molecular weight excluding hydrogens is 314 g/mol. The van der Waals surface area contributed by atoms with Crippen molar-refractivity contribution in [1.82, 2.24) is 10.3 Å². The predicted octanol–water partition coefficient (Wildman–Crippen LogP) is 3.02. The van der Waals surface area contributed by atoms with Gasteiger partial charge in [-0.05, 0) is 44.2 Å². The molecule has 0 aliphatic heterocycles. The van der Waals surface area contributed by atoms with Crippen LogP contribution in [0.5, 0.6) is 0 Å². The van der Waals surface area contributed by atoms with Crippen molar-refractivity contribution in [2.45, 2.75) is 20.4 Å². The summed E-state index contributed by atoms with van der Waals surface area (Å²) in [5.74, 6) is -0.777. The number of rotatable bonds is 5. The Bertz CT molecular complexity index is 702. The Morgan fingerprint density at radius 2 is 1.91 bits per heavy atom. The van der Waals surface area contributed by atoms with E-state index in [-0.39, 0.29) is 12.5 Å². The first kappa shape index (κ1) is 17.0. The largest absolute Gasteiger partial charge is 0.350 e. The van der Waals surface area contributed by atoms with Crippen LogP contribution in [0.3, 0.4) is 0 Å². The molecule has 1 aromatic heterocycles. The number of nitrogens with one attached hydrogen (secondary N) is 2. The quantitative estimate of drug-likeness (QED) is 0.827. The summed E-state index contributed by atoms with van der Waals surface area (Å²) in [5, 5.41) is 5.95. The molecule has 1 heterocycles. The van der Waals surface area contributed by atoms with Gasteiger partial charge in [-0.3, -0.25) is 14.6 Å². The van der Waals surface area contributed by atoms with Crippen LogP contribution in [0, 0.1) is 5.41 Å². The number of anilines is 1. The molecule has 6 heteroatoms. The number of hydrogen-bond acceptors (Lipinski definition) is 3. The molecule has 5 nitrogen and oxygen atoms in total. The van der Waals surface area contributed by atoms with Crippen LogP contribution in [0.15, 0.2) is 48.7 Å². The van der Waals surface area contributed by atoms with Crippen molar-refractivity contribution in [2.75, 3.05) is 5.32 Å². The van der Waals surface area contributed by atoms with Gasteiger partial charge in [-0.15, -0.1) is 0 Å². The van der Waals surface area contributed by atoms with E-state index in [2.05, 4.69) is 15.6 Å². The third-order valence-electron chi connectivity index (χ3n) is 3.37. The third kappa shape index (κ3) is 4.53. The van der Waals surface area contributed by atoms with E-state index in [1.807, 2.05) is 6.07 Å². The van der Waals surface area contributed by atoms with Gasteiger partial charge in [0.25, 0.3) is 0 Å². The summed E-state index contributed by atoms with van der Waals surface area (Å²) in [6, 6.07) is 12.2. The lowest BCUT2D eigenvalue weighted by Crippen LogP contribution is -2.44. The summed E-state index contributed by atoms with van der Waals surface area (Å²) < 4.78 is 0. The monoisotopic (exact) mass is 331 g/mol. The van der Waals surface area contributed by atoms with E-state index in [4.69, 9.17) is 11.6 Å². The number of carbonyl (C=O) groups excluding carboxylic acids is 2. The van der Waals surface area contributed by atoms with Gasteiger partial charge in [0.15, 0.2) is 0 Å². The van der Waals surface area contributed by atoms with Crippen molar-refractivity contribution in [3.8, 4) is 0 Å². The van der Waals surface area contributed by atoms with Crippen LogP contribution in [-0.2, 0) is 16.1 Å². The topological polar surface area (TPSA) is 71.1 Å². The second kappa shape index (κ2) is 7.24. The molecule has 0 saturated heterocycles. The Balaban J connectivity index is 1.98. The first-order valence-electron chi connectivity index (χ1n) is 7.15. The summed E-state index contributed by atoms with van der Waals surface area (Å²) in [7, 11) is 0. The molecule has 2 aromatic rings. The minimum absolute atomic E-state index is 0.271. The molecule has 2 N–H and O–H groups in total. The maximum atomic E-state index is 12.4. The molecule has 0 unspecified atom stereocenters. The molecule has 0 aliphatic carbocycles. The zero-order valence-corrected chi connectivity index (χ0v) is 13.7. The van der Waals surface area contributed by atoms with Crippen molar-refractivity contribution >= 4 is 29.1 Å². The highest BCUT2D eigenvalue weighted by Gasteiger charge is 2.36. The molecule has 2 amide bonds. The van der Waals surface area contributed by atoms with Gasteiger partial charge in [0.05, 0.1) is 12.2 Å². The summed E-state index contributed by atoms with van der Waals surface area (Å²) in [6.45, 7) is 3.41. The second-order valence-electron chi connectivity index (χ2n) is 5.59. The lowest BCUT2D eigenvalue weighted by molar-refractivity contribution is -0.138. The highest BCUT2D eigenvalue weighted by atomic mass is 35.5. The van der Waals surface area contributed by atoms with Crippen molar-refractivity contribution < 1.29 is 9.59 Å². The minimum atomic E-state index is -1.23. The number of halogens is 1. The first-order valence-corrected chi connectivity index (χ1v) is 7.52. The van der Waals surface area contributed by atoms with E-state index in [0.717, 1.165) is 5.69 Å². The molecule has 0 aliphatic rings. The van der Waals surface area contributed by atoms with Crippen molar-refractivity contribution in [1.29, 1.82) is 0 Å². The van der Waals surface area contributed by atoms with Crippen molar-refractivity contribution in [3.05, 3.63) is 59.4 Å². The standard InChI is InChI=1S/C17H18ClN3O2/c1-17(2,15(22)20-11-14-7-3-4-9-19-14)16(23)21-13-8-5-6-12(18)10-13/h3-10H,11H2,1-2H3,(H,20,22)(H,21,23). The van der Waals surface area contributed by atoms with Crippen molar-refractivity contribution in [3.63, 3.8) is 0 Å². The number of amides is 2. The van der Waals surface area contributed by atoms with E-state index >= 15 is 0 Å². The number of pyridine rings is 1. The number of aromatic nitrogens is 1. The van der Waals surface area contributed by atoms with Gasteiger partial charge in [0.2, 0.25) is 11.8 Å². The van der Waals surface area contributed by atoms with Crippen LogP contribution < -0.4 is 10.6 Å². The number of carbonyl (C=O) groups is 2. The number of benzene rings is 1. The highest BCUT2D eigenvalue weighted by Crippen LogP contribution is 2.21. The summed E-state index contributed by atoms with van der Waals surface area (Å²) in [4.78, 5) is 28.8. The minimum Gasteiger partial charge on any atom is -0.350 e. The third-order valence-corrected chi connectivity index (χ3v) is 3.61. The summed E-state index contributed by atoms with van der Waals surface area (Å²) >= 11 is 5.89. The van der Waals surface area contributed by atoms with Gasteiger partial charge in [0.1, 0.15) is 5.41 Å². The lowest BCUT2D eigenvalue weighted by atomic mass is 9.91. The average Bonchev–Trinajstić information content (AvgIpc) is 2.53. The predicted molar refractivity (Wildman–Crippen MR) is 89.9 cm³/mol. The maximum Gasteiger partial charge on any atom is 0.239 e. The van der Waals surface area contributed by atoms with E-state index < -0.39 is 11.3 Å². The zero-order valence-electron chi connectivity index (χ0n) is 13.0. The van der Waals surface area contributed by atoms with Crippen LogP contribution in [0.25, 0.3) is 0 Å². The highest BCUT2D eigenvalue weighted by molar-refractivity contribution is 6.31. The van der Waals surface area contributed by atoms with Gasteiger partial charge in [-0.25, -0.2) is 0 Å². The fraction of sp³-hybridized carbons (Fsp3) is 0.235. The van der Waals surface area contributed by atoms with E-state index in [1.54, 1.807) is 56.4 Å². The van der Waals surface area contributed by atoms with E-state index in [1.165, 1.54) is 0 Å². The van der Waals surface area contributed by atoms with Crippen LogP contribution in [0.1, 0.15) is 19.5 Å². The SMILES string of the molecule is CC(C)(C(=O)NCc1ccccn1)C(=O)Nc1cccc(Cl)c1. The molecule has 0 bridgehead atoms. The molecule has 0 saturated carbocycles. The van der Waals surface area contributed by atoms with Gasteiger partial charge in [0, 0.05) is 16.9 Å². The molecular formula is C17H18ClN3O2. The zero-order chi connectivity index (χ0) is 16.9. The summed E-state index contributed by atoms with van der Waals surface area (Å²) in [6.07, 6.45) is 1.65. The Kier molecular flexibility index (Phi) is 5.34. The number of nitrogens with zero attached hydrogens (tertiary/aromatic N) is 1. The van der Waals surface area contributed by atoms with Gasteiger partial charge < -0.3 is 10.6 Å². The normalized spacial score (nSPS) is 10.9. The molecule has 0 fully saturated rings. The van der Waals surface area contributed by atoms with Crippen LogP contribution in [-0.4, -0.2) is 16.8 Å². The maximum absolute atomic E-state index is 12.4. The molecule has 0 radical (unpaired) electrons. The van der Waals surface area contributed by atoms with Crippen LogP contribution in [0.4, 0.5) is 5.69 Å². The Morgan fingerprint density at radius 1 is 1.13 bits per heavy atom. The molecule has 120 valence electrons. The van der Waals surface area contributed by atoms with Crippen LogP contribution >= 0.6 is 11.6 Å². The van der Waals surface area contributed by atoms with Crippen molar-refractivity contribution in [2.24, 2.45) is 5.41 Å². The smallest absolute Gasteiger partial charge is 0.239 e. The van der Waals surface area contributed by atoms with Gasteiger partial charge in [-0.2, -0.15) is 0 Å². The Labute approximate surface area is 140 Å². The van der Waals surface area contributed by atoms with Gasteiger partial charge >= 0.3 is 0 Å². The summed E-state index contributed by atoms with van der Waals surface area (Å²) in [5.41, 5.74) is 0.0527. The second-order valence-corrected chi connectivity index (χ2v) is 6.03. The fourth-order valence-corrected chi connectivity index (χ4v) is 2.04. The average molecular weight is 332 g/mol. The molecule has 1 aromatic carbocycles. The molecule has 2 rings (SSSR count). The van der Waals surface area contributed by atoms with E-state index in [9.17, 15) is 9.59 Å².